The number of rotatable bonds is 3. The molecule has 1 aliphatic rings. The minimum atomic E-state index is -3.56. The van der Waals surface area contributed by atoms with Crippen LogP contribution in [-0.2, 0) is 10.0 Å². The molecule has 0 aromatic heterocycles. The molecule has 1 aromatic carbocycles. The summed E-state index contributed by atoms with van der Waals surface area (Å²) in [6, 6.07) is 4.86. The van der Waals surface area contributed by atoms with Crippen LogP contribution in [-0.4, -0.2) is 39.0 Å². The Morgan fingerprint density at radius 3 is 2.75 bits per heavy atom. The molecule has 2 N–H and O–H groups in total. The van der Waals surface area contributed by atoms with Crippen molar-refractivity contribution in [1.29, 1.82) is 0 Å². The van der Waals surface area contributed by atoms with Crippen molar-refractivity contribution in [2.45, 2.75) is 23.8 Å². The van der Waals surface area contributed by atoms with Gasteiger partial charge in [0.05, 0.1) is 7.11 Å². The Labute approximate surface area is 134 Å². The molecule has 0 amide bonds. The molecule has 1 aliphatic heterocycles. The monoisotopic (exact) mass is 384 g/mol. The van der Waals surface area contributed by atoms with Crippen LogP contribution in [0.4, 0.5) is 0 Å². The molecule has 1 aromatic rings. The topological polar surface area (TPSA) is 72.6 Å². The first-order chi connectivity index (χ1) is 8.95. The number of piperidine rings is 1. The van der Waals surface area contributed by atoms with Crippen molar-refractivity contribution < 1.29 is 13.2 Å². The van der Waals surface area contributed by atoms with Crippen molar-refractivity contribution in [3.8, 4) is 5.75 Å². The van der Waals surface area contributed by atoms with Crippen molar-refractivity contribution >= 4 is 38.4 Å². The lowest BCUT2D eigenvalue weighted by atomic mass is 10.1. The normalized spacial score (nSPS) is 20.2. The van der Waals surface area contributed by atoms with E-state index in [0.29, 0.717) is 23.3 Å². The van der Waals surface area contributed by atoms with E-state index in [-0.39, 0.29) is 23.3 Å². The third-order valence-corrected chi connectivity index (χ3v) is 5.54. The molecule has 0 saturated carbocycles. The van der Waals surface area contributed by atoms with E-state index in [1.165, 1.54) is 11.4 Å². The number of nitrogens with two attached hydrogens (primary N) is 1. The molecule has 0 bridgehead atoms. The second kappa shape index (κ2) is 7.09. The second-order valence-electron chi connectivity index (χ2n) is 4.56. The Morgan fingerprint density at radius 1 is 1.45 bits per heavy atom. The first-order valence-corrected chi connectivity index (χ1v) is 8.27. The van der Waals surface area contributed by atoms with E-state index in [4.69, 9.17) is 10.5 Å². The molecular formula is C12H18BrClN2O3S. The Balaban J connectivity index is 0.00000200. The third-order valence-electron chi connectivity index (χ3n) is 3.16. The number of ether oxygens (including phenoxy) is 1. The molecular weight excluding hydrogens is 368 g/mol. The summed E-state index contributed by atoms with van der Waals surface area (Å²) in [7, 11) is -2.10. The molecule has 1 unspecified atom stereocenters. The minimum absolute atomic E-state index is 0. The number of hydrogen-bond acceptors (Lipinski definition) is 4. The van der Waals surface area contributed by atoms with E-state index in [2.05, 4.69) is 15.9 Å². The van der Waals surface area contributed by atoms with Gasteiger partial charge in [0.2, 0.25) is 10.0 Å². The highest BCUT2D eigenvalue weighted by Gasteiger charge is 2.31. The fraction of sp³-hybridized carbons (Fsp3) is 0.500. The van der Waals surface area contributed by atoms with E-state index in [1.807, 2.05) is 0 Å². The second-order valence-corrected chi connectivity index (χ2v) is 7.38. The molecule has 1 fully saturated rings. The van der Waals surface area contributed by atoms with Crippen LogP contribution >= 0.6 is 28.3 Å². The highest BCUT2D eigenvalue weighted by molar-refractivity contribution is 9.10. The summed E-state index contributed by atoms with van der Waals surface area (Å²) < 4.78 is 32.6. The van der Waals surface area contributed by atoms with Crippen LogP contribution in [0.3, 0.4) is 0 Å². The molecule has 1 atom stereocenters. The van der Waals surface area contributed by atoms with Crippen molar-refractivity contribution in [2.75, 3.05) is 20.2 Å². The van der Waals surface area contributed by atoms with Gasteiger partial charge in [-0.05, 0) is 31.0 Å². The first-order valence-electron chi connectivity index (χ1n) is 6.04. The van der Waals surface area contributed by atoms with Gasteiger partial charge < -0.3 is 10.5 Å². The van der Waals surface area contributed by atoms with E-state index in [9.17, 15) is 8.42 Å². The predicted molar refractivity (Wildman–Crippen MR) is 83.9 cm³/mol. The van der Waals surface area contributed by atoms with Crippen LogP contribution in [0.5, 0.6) is 5.75 Å². The number of hydrogen-bond donors (Lipinski definition) is 1. The standard InChI is InChI=1S/C12H17BrN2O3S.ClH/c1-18-11-5-4-9(13)7-12(11)19(16,17)15-6-2-3-10(14)8-15;/h4-5,7,10H,2-3,6,8,14H2,1H3;1H. The Kier molecular flexibility index (Phi) is 6.27. The molecule has 0 radical (unpaired) electrons. The summed E-state index contributed by atoms with van der Waals surface area (Å²) in [5.41, 5.74) is 5.85. The summed E-state index contributed by atoms with van der Waals surface area (Å²) in [4.78, 5) is 0.179. The van der Waals surface area contributed by atoms with Gasteiger partial charge in [-0.25, -0.2) is 8.42 Å². The summed E-state index contributed by atoms with van der Waals surface area (Å²) in [6.45, 7) is 0.865. The fourth-order valence-corrected chi connectivity index (χ4v) is 4.41. The van der Waals surface area contributed by atoms with E-state index >= 15 is 0 Å². The number of nitrogens with zero attached hydrogens (tertiary/aromatic N) is 1. The van der Waals surface area contributed by atoms with E-state index in [0.717, 1.165) is 12.8 Å². The third kappa shape index (κ3) is 3.65. The number of halogens is 2. The zero-order valence-electron chi connectivity index (χ0n) is 11.1. The minimum Gasteiger partial charge on any atom is -0.495 e. The van der Waals surface area contributed by atoms with Crippen molar-refractivity contribution in [3.63, 3.8) is 0 Å². The van der Waals surface area contributed by atoms with Gasteiger partial charge in [-0.2, -0.15) is 4.31 Å². The molecule has 1 saturated heterocycles. The van der Waals surface area contributed by atoms with Gasteiger partial charge >= 0.3 is 0 Å². The fourth-order valence-electron chi connectivity index (χ4n) is 2.18. The smallest absolute Gasteiger partial charge is 0.246 e. The molecule has 5 nitrogen and oxygen atoms in total. The lowest BCUT2D eigenvalue weighted by Crippen LogP contribution is -2.45. The van der Waals surface area contributed by atoms with Gasteiger partial charge in [0.25, 0.3) is 0 Å². The van der Waals surface area contributed by atoms with Gasteiger partial charge in [0.15, 0.2) is 0 Å². The van der Waals surface area contributed by atoms with Gasteiger partial charge in [0, 0.05) is 23.6 Å². The van der Waals surface area contributed by atoms with Gasteiger partial charge in [-0.3, -0.25) is 0 Å². The molecule has 0 spiro atoms. The van der Waals surface area contributed by atoms with Crippen LogP contribution in [0.1, 0.15) is 12.8 Å². The Hall–Kier alpha value is -0.340. The van der Waals surface area contributed by atoms with Crippen LogP contribution in [0.15, 0.2) is 27.6 Å². The summed E-state index contributed by atoms with van der Waals surface area (Å²) >= 11 is 3.29. The average molecular weight is 386 g/mol. The van der Waals surface area contributed by atoms with Crippen molar-refractivity contribution in [3.05, 3.63) is 22.7 Å². The molecule has 8 heteroatoms. The Morgan fingerprint density at radius 2 is 2.15 bits per heavy atom. The van der Waals surface area contributed by atoms with E-state index < -0.39 is 10.0 Å². The van der Waals surface area contributed by atoms with Crippen LogP contribution < -0.4 is 10.5 Å². The average Bonchev–Trinajstić information content (AvgIpc) is 2.38. The predicted octanol–water partition coefficient (Wildman–Crippen LogP) is 1.99. The van der Waals surface area contributed by atoms with Crippen molar-refractivity contribution in [2.24, 2.45) is 5.73 Å². The van der Waals surface area contributed by atoms with Crippen LogP contribution in [0.25, 0.3) is 0 Å². The van der Waals surface area contributed by atoms with Crippen LogP contribution in [0, 0.1) is 0 Å². The molecule has 114 valence electrons. The Bertz CT molecular complexity index is 568. The first kappa shape index (κ1) is 17.7. The summed E-state index contributed by atoms with van der Waals surface area (Å²) in [6.07, 6.45) is 1.65. The summed E-state index contributed by atoms with van der Waals surface area (Å²) in [5, 5.41) is 0. The largest absolute Gasteiger partial charge is 0.495 e. The maximum absolute atomic E-state index is 12.6. The summed E-state index contributed by atoms with van der Waals surface area (Å²) in [5.74, 6) is 0.349. The van der Waals surface area contributed by atoms with Gasteiger partial charge in [0.1, 0.15) is 10.6 Å². The maximum Gasteiger partial charge on any atom is 0.246 e. The highest BCUT2D eigenvalue weighted by Crippen LogP contribution is 2.30. The van der Waals surface area contributed by atoms with Gasteiger partial charge in [-0.1, -0.05) is 15.9 Å². The van der Waals surface area contributed by atoms with Gasteiger partial charge in [-0.15, -0.1) is 12.4 Å². The quantitative estimate of drug-likeness (QED) is 0.863. The SMILES string of the molecule is COc1ccc(Br)cc1S(=O)(=O)N1CCCC(N)C1.Cl. The highest BCUT2D eigenvalue weighted by atomic mass is 79.9. The lowest BCUT2D eigenvalue weighted by Gasteiger charge is -2.30. The maximum atomic E-state index is 12.6. The number of sulfonamides is 1. The molecule has 1 heterocycles. The molecule has 2 rings (SSSR count). The van der Waals surface area contributed by atoms with Crippen molar-refractivity contribution in [1.82, 2.24) is 4.31 Å². The number of benzene rings is 1. The molecule has 0 aliphatic carbocycles. The lowest BCUT2D eigenvalue weighted by molar-refractivity contribution is 0.314. The van der Waals surface area contributed by atoms with E-state index in [1.54, 1.807) is 18.2 Å². The zero-order valence-corrected chi connectivity index (χ0v) is 14.3. The molecule has 20 heavy (non-hydrogen) atoms. The number of methoxy groups -OCH3 is 1. The zero-order chi connectivity index (χ0) is 14.0. The van der Waals surface area contributed by atoms with Crippen LogP contribution in [0.2, 0.25) is 0 Å².